The maximum Gasteiger partial charge on any atom is 0.293 e. The summed E-state index contributed by atoms with van der Waals surface area (Å²) in [6.45, 7) is 0.280. The van der Waals surface area contributed by atoms with Gasteiger partial charge in [-0.05, 0) is 0 Å². The van der Waals surface area contributed by atoms with Crippen molar-refractivity contribution in [2.24, 2.45) is 0 Å². The Hall–Kier alpha value is -1.52. The molecule has 0 amide bonds. The van der Waals surface area contributed by atoms with Crippen LogP contribution in [0.3, 0.4) is 0 Å². The second-order valence-corrected chi connectivity index (χ2v) is 1.85. The van der Waals surface area contributed by atoms with E-state index in [1.54, 1.807) is 0 Å². The van der Waals surface area contributed by atoms with Crippen molar-refractivity contribution >= 4 is 12.3 Å². The maximum atomic E-state index is 10.9. The van der Waals surface area contributed by atoms with Gasteiger partial charge in [-0.2, -0.15) is 0 Å². The van der Waals surface area contributed by atoms with Crippen molar-refractivity contribution in [3.8, 4) is 0 Å². The van der Waals surface area contributed by atoms with Gasteiger partial charge in [0.25, 0.3) is 6.47 Å². The van der Waals surface area contributed by atoms with Crippen LogP contribution >= 0.6 is 0 Å². The standard InChI is InChI=1S/C6H7NO4/c8-4-11-2-6(9)5-1-10-3-7-5/h1,4,7H,2-3H2. The minimum Gasteiger partial charge on any atom is -0.479 e. The van der Waals surface area contributed by atoms with Gasteiger partial charge >= 0.3 is 0 Å². The van der Waals surface area contributed by atoms with E-state index >= 15 is 0 Å². The quantitative estimate of drug-likeness (QED) is 0.538. The number of rotatable bonds is 4. The number of carbonyl (C=O) groups excluding carboxylic acids is 2. The summed E-state index contributed by atoms with van der Waals surface area (Å²) in [5.74, 6) is -0.297. The predicted molar refractivity (Wildman–Crippen MR) is 34.2 cm³/mol. The molecule has 0 atom stereocenters. The van der Waals surface area contributed by atoms with Crippen LogP contribution < -0.4 is 5.32 Å². The van der Waals surface area contributed by atoms with Crippen LogP contribution in [0.25, 0.3) is 0 Å². The third kappa shape index (κ3) is 1.96. The predicted octanol–water partition coefficient (Wildman–Crippen LogP) is -0.853. The van der Waals surface area contributed by atoms with Crippen LogP contribution in [0.1, 0.15) is 0 Å². The minimum absolute atomic E-state index is 0.230. The van der Waals surface area contributed by atoms with Crippen molar-refractivity contribution in [3.05, 3.63) is 12.0 Å². The topological polar surface area (TPSA) is 64.6 Å². The first-order valence-corrected chi connectivity index (χ1v) is 2.98. The molecule has 1 N–H and O–H groups in total. The Morgan fingerprint density at radius 1 is 1.91 bits per heavy atom. The summed E-state index contributed by atoms with van der Waals surface area (Å²) >= 11 is 0. The highest BCUT2D eigenvalue weighted by atomic mass is 16.5. The Balaban J connectivity index is 2.34. The van der Waals surface area contributed by atoms with Crippen molar-refractivity contribution in [1.29, 1.82) is 0 Å². The minimum atomic E-state index is -0.297. The van der Waals surface area contributed by atoms with Gasteiger partial charge < -0.3 is 14.8 Å². The lowest BCUT2D eigenvalue weighted by Crippen LogP contribution is -2.20. The number of ether oxygens (including phenoxy) is 2. The van der Waals surface area contributed by atoms with Crippen molar-refractivity contribution in [1.82, 2.24) is 5.32 Å². The molecule has 60 valence electrons. The second kappa shape index (κ2) is 3.60. The van der Waals surface area contributed by atoms with Gasteiger partial charge in [0.2, 0.25) is 5.78 Å². The van der Waals surface area contributed by atoms with E-state index < -0.39 is 0 Å². The van der Waals surface area contributed by atoms with E-state index in [9.17, 15) is 9.59 Å². The molecule has 5 nitrogen and oxygen atoms in total. The first-order chi connectivity index (χ1) is 5.34. The highest BCUT2D eigenvalue weighted by Crippen LogP contribution is 1.98. The van der Waals surface area contributed by atoms with Gasteiger partial charge in [0.05, 0.1) is 0 Å². The monoisotopic (exact) mass is 157 g/mol. The second-order valence-electron chi connectivity index (χ2n) is 1.85. The molecule has 1 aliphatic rings. The average molecular weight is 157 g/mol. The zero-order chi connectivity index (χ0) is 8.10. The molecular weight excluding hydrogens is 150 g/mol. The molecule has 0 saturated heterocycles. The fraction of sp³-hybridized carbons (Fsp3) is 0.333. The fourth-order valence-electron chi connectivity index (χ4n) is 0.638. The van der Waals surface area contributed by atoms with Crippen LogP contribution in [0, 0.1) is 0 Å². The summed E-state index contributed by atoms with van der Waals surface area (Å²) in [5, 5.41) is 2.66. The van der Waals surface area contributed by atoms with Crippen LogP contribution in [0.4, 0.5) is 0 Å². The third-order valence-corrected chi connectivity index (χ3v) is 1.13. The zero-order valence-electron chi connectivity index (χ0n) is 5.70. The van der Waals surface area contributed by atoms with Crippen LogP contribution in [0.2, 0.25) is 0 Å². The first kappa shape index (κ1) is 7.59. The van der Waals surface area contributed by atoms with Crippen LogP contribution in [0.15, 0.2) is 12.0 Å². The maximum absolute atomic E-state index is 10.9. The van der Waals surface area contributed by atoms with Crippen LogP contribution in [0.5, 0.6) is 0 Å². The van der Waals surface area contributed by atoms with Gasteiger partial charge in [0.1, 0.15) is 12.0 Å². The number of ketones is 1. The van der Waals surface area contributed by atoms with Crippen LogP contribution in [-0.2, 0) is 19.1 Å². The molecule has 0 spiro atoms. The van der Waals surface area contributed by atoms with E-state index in [0.717, 1.165) is 0 Å². The van der Waals surface area contributed by atoms with Gasteiger partial charge in [-0.15, -0.1) is 0 Å². The number of hydrogen-bond acceptors (Lipinski definition) is 5. The van der Waals surface area contributed by atoms with Crippen molar-refractivity contribution < 1.29 is 19.1 Å². The molecule has 0 saturated carbocycles. The Kier molecular flexibility index (Phi) is 2.48. The molecule has 0 aliphatic carbocycles. The van der Waals surface area contributed by atoms with Crippen molar-refractivity contribution in [2.75, 3.05) is 13.3 Å². The van der Waals surface area contributed by atoms with Gasteiger partial charge in [0, 0.05) is 0 Å². The normalized spacial score (nSPS) is 14.4. The number of nitrogens with one attached hydrogen (secondary N) is 1. The van der Waals surface area contributed by atoms with E-state index in [2.05, 4.69) is 10.1 Å². The lowest BCUT2D eigenvalue weighted by atomic mass is 10.3. The Morgan fingerprint density at radius 3 is 3.27 bits per heavy atom. The molecule has 0 aromatic carbocycles. The summed E-state index contributed by atoms with van der Waals surface area (Å²) < 4.78 is 8.96. The summed E-state index contributed by atoms with van der Waals surface area (Å²) in [6.07, 6.45) is 1.30. The molecule has 5 heteroatoms. The largest absolute Gasteiger partial charge is 0.479 e. The zero-order valence-corrected chi connectivity index (χ0v) is 5.70. The average Bonchev–Trinajstić information content (AvgIpc) is 2.52. The fourth-order valence-corrected chi connectivity index (χ4v) is 0.638. The van der Waals surface area contributed by atoms with Crippen molar-refractivity contribution in [2.45, 2.75) is 0 Å². The molecule has 1 rings (SSSR count). The summed E-state index contributed by atoms with van der Waals surface area (Å²) in [7, 11) is 0. The SMILES string of the molecule is O=COCC(=O)C1=COCN1. The molecule has 11 heavy (non-hydrogen) atoms. The van der Waals surface area contributed by atoms with Gasteiger partial charge in [0.15, 0.2) is 13.3 Å². The molecule has 0 unspecified atom stereocenters. The summed E-state index contributed by atoms with van der Waals surface area (Å²) in [4.78, 5) is 20.6. The highest BCUT2D eigenvalue weighted by molar-refractivity contribution is 5.96. The molecule has 1 aliphatic heterocycles. The third-order valence-electron chi connectivity index (χ3n) is 1.13. The Bertz CT molecular complexity index is 199. The van der Waals surface area contributed by atoms with Gasteiger partial charge in [-0.1, -0.05) is 0 Å². The van der Waals surface area contributed by atoms with Gasteiger partial charge in [-0.3, -0.25) is 9.59 Å². The Morgan fingerprint density at radius 2 is 2.73 bits per heavy atom. The van der Waals surface area contributed by atoms with Gasteiger partial charge in [-0.25, -0.2) is 0 Å². The number of Topliss-reactive ketones (excluding diaryl/α,β-unsaturated/α-hetero) is 1. The Labute approximate surface area is 63.0 Å². The highest BCUT2D eigenvalue weighted by Gasteiger charge is 2.13. The smallest absolute Gasteiger partial charge is 0.293 e. The van der Waals surface area contributed by atoms with Crippen molar-refractivity contribution in [3.63, 3.8) is 0 Å². The molecule has 0 radical (unpaired) electrons. The van der Waals surface area contributed by atoms with E-state index in [1.807, 2.05) is 0 Å². The molecular formula is C6H7NO4. The van der Waals surface area contributed by atoms with E-state index in [0.29, 0.717) is 12.4 Å². The lowest BCUT2D eigenvalue weighted by molar-refractivity contribution is -0.134. The molecule has 0 aromatic heterocycles. The van der Waals surface area contributed by atoms with E-state index in [1.165, 1.54) is 6.26 Å². The summed E-state index contributed by atoms with van der Waals surface area (Å²) in [5.41, 5.74) is 0.340. The van der Waals surface area contributed by atoms with E-state index in [-0.39, 0.29) is 18.9 Å². The van der Waals surface area contributed by atoms with Crippen LogP contribution in [-0.4, -0.2) is 25.6 Å². The van der Waals surface area contributed by atoms with E-state index in [4.69, 9.17) is 4.74 Å². The molecule has 0 fully saturated rings. The number of hydrogen-bond donors (Lipinski definition) is 1. The molecule has 0 bridgehead atoms. The molecule has 1 heterocycles. The molecule has 0 aromatic rings. The first-order valence-electron chi connectivity index (χ1n) is 2.98. The lowest BCUT2D eigenvalue weighted by Gasteiger charge is -1.97. The summed E-state index contributed by atoms with van der Waals surface area (Å²) in [6, 6.07) is 0. The number of carbonyl (C=O) groups is 2.